The highest BCUT2D eigenvalue weighted by Gasteiger charge is 2.31. The van der Waals surface area contributed by atoms with Gasteiger partial charge in [0.2, 0.25) is 5.91 Å². The SMILES string of the molecule is CC(=O)Nc1ccc2c([C@H](C(=O)O)N3CCN(C/C=C/c4ccccc4)CC3)c[nH]c2c1. The maximum absolute atomic E-state index is 12.2. The molecule has 166 valence electrons. The van der Waals surface area contributed by atoms with E-state index < -0.39 is 12.0 Å². The molecule has 0 unspecified atom stereocenters. The minimum Gasteiger partial charge on any atom is -0.480 e. The van der Waals surface area contributed by atoms with Gasteiger partial charge < -0.3 is 15.4 Å². The van der Waals surface area contributed by atoms with E-state index in [4.69, 9.17) is 0 Å². The van der Waals surface area contributed by atoms with Crippen molar-refractivity contribution in [1.82, 2.24) is 14.8 Å². The first kappa shape index (κ1) is 21.8. The Morgan fingerprint density at radius 2 is 1.88 bits per heavy atom. The zero-order chi connectivity index (χ0) is 22.5. The molecule has 0 bridgehead atoms. The summed E-state index contributed by atoms with van der Waals surface area (Å²) in [5.41, 5.74) is 3.42. The molecule has 1 atom stereocenters. The van der Waals surface area contributed by atoms with Gasteiger partial charge in [-0.05, 0) is 17.7 Å². The van der Waals surface area contributed by atoms with Gasteiger partial charge in [-0.15, -0.1) is 0 Å². The van der Waals surface area contributed by atoms with Crippen LogP contribution in [0.2, 0.25) is 0 Å². The number of nitrogens with one attached hydrogen (secondary N) is 2. The van der Waals surface area contributed by atoms with Crippen LogP contribution in [0.25, 0.3) is 17.0 Å². The van der Waals surface area contributed by atoms with Gasteiger partial charge in [-0.2, -0.15) is 0 Å². The summed E-state index contributed by atoms with van der Waals surface area (Å²) in [6, 6.07) is 15.0. The van der Waals surface area contributed by atoms with E-state index in [0.29, 0.717) is 18.8 Å². The van der Waals surface area contributed by atoms with Crippen molar-refractivity contribution in [1.29, 1.82) is 0 Å². The lowest BCUT2D eigenvalue weighted by Gasteiger charge is -2.37. The predicted molar refractivity (Wildman–Crippen MR) is 126 cm³/mol. The Bertz CT molecular complexity index is 1110. The molecule has 0 spiro atoms. The number of nitrogens with zero attached hydrogens (tertiary/aromatic N) is 2. The van der Waals surface area contributed by atoms with Crippen molar-refractivity contribution in [3.05, 3.63) is 71.9 Å². The number of hydrogen-bond acceptors (Lipinski definition) is 4. The predicted octanol–water partition coefficient (Wildman–Crippen LogP) is 3.58. The van der Waals surface area contributed by atoms with Gasteiger partial charge in [0.15, 0.2) is 0 Å². The number of carbonyl (C=O) groups excluding carboxylic acids is 1. The Hall–Kier alpha value is -3.42. The highest BCUT2D eigenvalue weighted by Crippen LogP contribution is 2.31. The summed E-state index contributed by atoms with van der Waals surface area (Å²) in [5.74, 6) is -0.995. The molecule has 2 aromatic carbocycles. The van der Waals surface area contributed by atoms with E-state index in [1.807, 2.05) is 35.2 Å². The molecular weight excluding hydrogens is 404 g/mol. The Morgan fingerprint density at radius 3 is 2.56 bits per heavy atom. The summed E-state index contributed by atoms with van der Waals surface area (Å²) in [4.78, 5) is 31.1. The molecule has 1 aliphatic heterocycles. The fraction of sp³-hybridized carbons (Fsp3) is 0.280. The summed E-state index contributed by atoms with van der Waals surface area (Å²) in [6.07, 6.45) is 6.05. The van der Waals surface area contributed by atoms with Crippen LogP contribution in [-0.2, 0) is 9.59 Å². The Kier molecular flexibility index (Phi) is 6.68. The zero-order valence-electron chi connectivity index (χ0n) is 18.1. The quantitative estimate of drug-likeness (QED) is 0.531. The number of amides is 1. The summed E-state index contributed by atoms with van der Waals surface area (Å²) < 4.78 is 0. The lowest BCUT2D eigenvalue weighted by Crippen LogP contribution is -2.49. The number of anilines is 1. The van der Waals surface area contributed by atoms with Crippen molar-refractivity contribution in [2.24, 2.45) is 0 Å². The van der Waals surface area contributed by atoms with Crippen LogP contribution in [0.4, 0.5) is 5.69 Å². The minimum absolute atomic E-state index is 0.143. The van der Waals surface area contributed by atoms with Crippen LogP contribution in [0.3, 0.4) is 0 Å². The number of piperazine rings is 1. The first-order valence-electron chi connectivity index (χ1n) is 10.8. The van der Waals surface area contributed by atoms with Crippen LogP contribution in [0.15, 0.2) is 60.8 Å². The highest BCUT2D eigenvalue weighted by atomic mass is 16.4. The van der Waals surface area contributed by atoms with Crippen molar-refractivity contribution in [2.75, 3.05) is 38.0 Å². The zero-order valence-corrected chi connectivity index (χ0v) is 18.1. The third-order valence-corrected chi connectivity index (χ3v) is 5.81. The second-order valence-corrected chi connectivity index (χ2v) is 8.08. The van der Waals surface area contributed by atoms with Crippen molar-refractivity contribution in [3.63, 3.8) is 0 Å². The molecule has 32 heavy (non-hydrogen) atoms. The number of aliphatic carboxylic acids is 1. The Morgan fingerprint density at radius 1 is 1.12 bits per heavy atom. The van der Waals surface area contributed by atoms with E-state index in [1.165, 1.54) is 12.5 Å². The van der Waals surface area contributed by atoms with Gasteiger partial charge in [0.05, 0.1) is 0 Å². The summed E-state index contributed by atoms with van der Waals surface area (Å²) in [5, 5.41) is 13.6. The van der Waals surface area contributed by atoms with E-state index in [0.717, 1.165) is 36.1 Å². The number of benzene rings is 2. The summed E-state index contributed by atoms with van der Waals surface area (Å²) in [6.45, 7) is 5.32. The maximum Gasteiger partial charge on any atom is 0.325 e. The third kappa shape index (κ3) is 5.07. The average molecular weight is 433 g/mol. The van der Waals surface area contributed by atoms with Crippen molar-refractivity contribution in [3.8, 4) is 0 Å². The summed E-state index contributed by atoms with van der Waals surface area (Å²) in [7, 11) is 0. The molecule has 3 N–H and O–H groups in total. The van der Waals surface area contributed by atoms with Crippen LogP contribution in [0.1, 0.15) is 24.1 Å². The molecular formula is C25H28N4O3. The van der Waals surface area contributed by atoms with Crippen LogP contribution in [0, 0.1) is 0 Å². The molecule has 1 aromatic heterocycles. The van der Waals surface area contributed by atoms with Gasteiger partial charge in [-0.25, -0.2) is 0 Å². The second kappa shape index (κ2) is 9.80. The monoisotopic (exact) mass is 432 g/mol. The van der Waals surface area contributed by atoms with Gasteiger partial charge in [0.25, 0.3) is 0 Å². The molecule has 1 amide bonds. The fourth-order valence-electron chi connectivity index (χ4n) is 4.25. The maximum atomic E-state index is 12.2. The molecule has 1 aliphatic rings. The number of H-pyrrole nitrogens is 1. The number of carbonyl (C=O) groups is 2. The van der Waals surface area contributed by atoms with E-state index in [9.17, 15) is 14.7 Å². The van der Waals surface area contributed by atoms with Crippen molar-refractivity contribution < 1.29 is 14.7 Å². The number of carboxylic acid groups (broad SMARTS) is 1. The smallest absolute Gasteiger partial charge is 0.325 e. The first-order valence-corrected chi connectivity index (χ1v) is 10.8. The lowest BCUT2D eigenvalue weighted by molar-refractivity contribution is -0.144. The molecule has 0 aliphatic carbocycles. The number of hydrogen-bond donors (Lipinski definition) is 3. The van der Waals surface area contributed by atoms with Gasteiger partial charge >= 0.3 is 5.97 Å². The molecule has 0 radical (unpaired) electrons. The molecule has 2 heterocycles. The van der Waals surface area contributed by atoms with Crippen LogP contribution in [0.5, 0.6) is 0 Å². The normalized spacial score (nSPS) is 16.4. The second-order valence-electron chi connectivity index (χ2n) is 8.08. The third-order valence-electron chi connectivity index (χ3n) is 5.81. The largest absolute Gasteiger partial charge is 0.480 e. The van der Waals surface area contributed by atoms with Crippen LogP contribution < -0.4 is 5.32 Å². The molecule has 3 aromatic rings. The molecule has 7 nitrogen and oxygen atoms in total. The van der Waals surface area contributed by atoms with E-state index >= 15 is 0 Å². The average Bonchev–Trinajstić information content (AvgIpc) is 3.18. The van der Waals surface area contributed by atoms with Crippen molar-refractivity contribution >= 4 is 34.5 Å². The van der Waals surface area contributed by atoms with Gasteiger partial charge in [0, 0.05) is 68.0 Å². The van der Waals surface area contributed by atoms with Crippen LogP contribution in [-0.4, -0.2) is 64.5 Å². The molecule has 0 saturated carbocycles. The molecule has 4 rings (SSSR count). The standard InChI is InChI=1S/C25H28N4O3/c1-18(30)27-20-9-10-21-22(17-26-23(21)16-20)24(25(31)32)29-14-12-28(13-15-29)11-5-8-19-6-3-2-4-7-19/h2-10,16-17,24,26H,11-15H2,1H3,(H,27,30)(H,31,32)/b8-5+/t24-/m1/s1. The van der Waals surface area contributed by atoms with Crippen molar-refractivity contribution in [2.45, 2.75) is 13.0 Å². The topological polar surface area (TPSA) is 88.7 Å². The Labute approximate surface area is 187 Å². The lowest BCUT2D eigenvalue weighted by atomic mass is 10.0. The highest BCUT2D eigenvalue weighted by molar-refractivity contribution is 5.94. The first-order chi connectivity index (χ1) is 15.5. The molecule has 7 heteroatoms. The van der Waals surface area contributed by atoms with E-state index in [2.05, 4.69) is 39.5 Å². The number of rotatable bonds is 7. The fourth-order valence-corrected chi connectivity index (χ4v) is 4.25. The van der Waals surface area contributed by atoms with Gasteiger partial charge in [-0.1, -0.05) is 48.6 Å². The van der Waals surface area contributed by atoms with E-state index in [-0.39, 0.29) is 5.91 Å². The number of carboxylic acids is 1. The molecule has 1 saturated heterocycles. The number of fused-ring (bicyclic) bond motifs is 1. The molecule has 1 fully saturated rings. The van der Waals surface area contributed by atoms with Crippen LogP contribution >= 0.6 is 0 Å². The minimum atomic E-state index is -0.853. The number of aromatic nitrogens is 1. The van der Waals surface area contributed by atoms with Gasteiger partial charge in [-0.3, -0.25) is 19.4 Å². The van der Waals surface area contributed by atoms with Gasteiger partial charge in [0.1, 0.15) is 6.04 Å². The number of aromatic amines is 1. The van der Waals surface area contributed by atoms with E-state index in [1.54, 1.807) is 12.3 Å². The Balaban J connectivity index is 1.42. The summed E-state index contributed by atoms with van der Waals surface area (Å²) >= 11 is 0.